The van der Waals surface area contributed by atoms with Crippen LogP contribution < -0.4 is 0 Å². The number of hydrogen-bond acceptors (Lipinski definition) is 3. The van der Waals surface area contributed by atoms with Gasteiger partial charge in [-0.1, -0.05) is 24.5 Å². The van der Waals surface area contributed by atoms with Gasteiger partial charge >= 0.3 is 0 Å². The van der Waals surface area contributed by atoms with E-state index < -0.39 is 8.32 Å². The molecule has 20 heavy (non-hydrogen) atoms. The Labute approximate surface area is 123 Å². The number of rotatable bonds is 3. The van der Waals surface area contributed by atoms with Gasteiger partial charge in [0.15, 0.2) is 6.29 Å². The van der Waals surface area contributed by atoms with E-state index in [9.17, 15) is 0 Å². The third-order valence-electron chi connectivity index (χ3n) is 3.53. The van der Waals surface area contributed by atoms with Crippen molar-refractivity contribution in [2.24, 2.45) is 0 Å². The zero-order valence-corrected chi connectivity index (χ0v) is 13.5. The summed E-state index contributed by atoms with van der Waals surface area (Å²) < 4.78 is 17.0. The molecule has 1 saturated heterocycles. The highest BCUT2D eigenvalue weighted by atomic mass is 28.4. The first-order valence-electron chi connectivity index (χ1n) is 7.35. The molecule has 2 rings (SSSR count). The molecule has 110 valence electrons. The molecule has 2 aliphatic rings. The highest BCUT2D eigenvalue weighted by Crippen LogP contribution is 2.21. The quantitative estimate of drug-likeness (QED) is 0.590. The molecule has 0 radical (unpaired) electrons. The van der Waals surface area contributed by atoms with Gasteiger partial charge in [0.2, 0.25) is 8.32 Å². The van der Waals surface area contributed by atoms with Crippen LogP contribution in [0.4, 0.5) is 0 Å². The Morgan fingerprint density at radius 1 is 1.45 bits per heavy atom. The van der Waals surface area contributed by atoms with Crippen molar-refractivity contribution in [3.05, 3.63) is 23.4 Å². The summed E-state index contributed by atoms with van der Waals surface area (Å²) in [6.45, 7) is 10.4. The molecule has 0 aromatic heterocycles. The van der Waals surface area contributed by atoms with Crippen LogP contribution in [0.3, 0.4) is 0 Å². The third kappa shape index (κ3) is 4.60. The fourth-order valence-electron chi connectivity index (χ4n) is 2.27. The molecular formula is C16H24O3Si. The average molecular weight is 292 g/mol. The van der Waals surface area contributed by atoms with E-state index >= 15 is 0 Å². The van der Waals surface area contributed by atoms with E-state index in [1.807, 2.05) is 0 Å². The standard InChI is InChI=1S/C16H24O3Si/c1-14(13-18-16-8-4-5-11-17-16)9-10-15-7-6-12-19-20(15,2)3/h7,16H,1,4-6,8,11-13H2,2-3H3. The largest absolute Gasteiger partial charge is 0.412 e. The predicted octanol–water partition coefficient (Wildman–Crippen LogP) is 3.18. The molecule has 2 aliphatic heterocycles. The molecule has 2 heterocycles. The van der Waals surface area contributed by atoms with Crippen LogP contribution in [0.2, 0.25) is 13.1 Å². The minimum Gasteiger partial charge on any atom is -0.412 e. The summed E-state index contributed by atoms with van der Waals surface area (Å²) in [6.07, 6.45) is 6.37. The molecule has 1 fully saturated rings. The van der Waals surface area contributed by atoms with Crippen molar-refractivity contribution in [1.29, 1.82) is 0 Å². The lowest BCUT2D eigenvalue weighted by molar-refractivity contribution is -0.156. The van der Waals surface area contributed by atoms with Crippen molar-refractivity contribution in [1.82, 2.24) is 0 Å². The second-order valence-corrected chi connectivity index (χ2v) is 9.57. The summed E-state index contributed by atoms with van der Waals surface area (Å²) in [5.41, 5.74) is 0.801. The lowest BCUT2D eigenvalue weighted by Crippen LogP contribution is -2.36. The lowest BCUT2D eigenvalue weighted by Gasteiger charge is -2.26. The van der Waals surface area contributed by atoms with Crippen molar-refractivity contribution in [2.45, 2.75) is 45.1 Å². The Bertz CT molecular complexity index is 436. The van der Waals surface area contributed by atoms with Gasteiger partial charge in [-0.15, -0.1) is 0 Å². The molecule has 1 atom stereocenters. The maximum absolute atomic E-state index is 5.85. The summed E-state index contributed by atoms with van der Waals surface area (Å²) in [5, 5.41) is 1.17. The van der Waals surface area contributed by atoms with Crippen LogP contribution in [0.25, 0.3) is 0 Å². The molecular weight excluding hydrogens is 268 g/mol. The van der Waals surface area contributed by atoms with Crippen LogP contribution in [0, 0.1) is 11.8 Å². The molecule has 4 heteroatoms. The molecule has 0 bridgehead atoms. The lowest BCUT2D eigenvalue weighted by atomic mass is 10.2. The van der Waals surface area contributed by atoms with Gasteiger partial charge in [0.25, 0.3) is 0 Å². The van der Waals surface area contributed by atoms with Crippen LogP contribution in [0.5, 0.6) is 0 Å². The van der Waals surface area contributed by atoms with Gasteiger partial charge < -0.3 is 13.9 Å². The zero-order chi connectivity index (χ0) is 14.4. The molecule has 0 N–H and O–H groups in total. The summed E-state index contributed by atoms with van der Waals surface area (Å²) in [7, 11) is -1.76. The van der Waals surface area contributed by atoms with Crippen LogP contribution in [0.15, 0.2) is 23.4 Å². The van der Waals surface area contributed by atoms with Crippen molar-refractivity contribution in [2.75, 3.05) is 19.8 Å². The SMILES string of the molecule is C=C(C#CC1=CCCO[Si]1(C)C)COC1CCCCO1. The number of hydrogen-bond donors (Lipinski definition) is 0. The fourth-order valence-corrected chi connectivity index (χ4v) is 4.05. The topological polar surface area (TPSA) is 27.7 Å². The van der Waals surface area contributed by atoms with Gasteiger partial charge in [-0.05, 0) is 38.8 Å². The van der Waals surface area contributed by atoms with Gasteiger partial charge in [-0.2, -0.15) is 0 Å². The highest BCUT2D eigenvalue weighted by molar-refractivity contribution is 6.79. The summed E-state index contributed by atoms with van der Waals surface area (Å²) in [6, 6.07) is 0. The second kappa shape index (κ2) is 7.23. The van der Waals surface area contributed by atoms with Crippen molar-refractivity contribution < 1.29 is 13.9 Å². The van der Waals surface area contributed by atoms with Crippen LogP contribution in [0.1, 0.15) is 25.7 Å². The van der Waals surface area contributed by atoms with Gasteiger partial charge in [-0.25, -0.2) is 0 Å². The first-order chi connectivity index (χ1) is 9.58. The van der Waals surface area contributed by atoms with Crippen LogP contribution in [-0.2, 0) is 13.9 Å². The van der Waals surface area contributed by atoms with Crippen molar-refractivity contribution in [3.63, 3.8) is 0 Å². The Hall–Kier alpha value is -0.863. The van der Waals surface area contributed by atoms with E-state index in [4.69, 9.17) is 13.9 Å². The minimum atomic E-state index is -1.76. The summed E-state index contributed by atoms with van der Waals surface area (Å²) in [5.74, 6) is 6.34. The molecule has 0 amide bonds. The number of ether oxygens (including phenoxy) is 2. The van der Waals surface area contributed by atoms with Crippen LogP contribution >= 0.6 is 0 Å². The molecule has 0 aromatic carbocycles. The monoisotopic (exact) mass is 292 g/mol. The molecule has 0 aromatic rings. The fraction of sp³-hybridized carbons (Fsp3) is 0.625. The van der Waals surface area contributed by atoms with Gasteiger partial charge in [0.05, 0.1) is 6.61 Å². The van der Waals surface area contributed by atoms with Gasteiger partial charge in [0, 0.05) is 24.0 Å². The maximum Gasteiger partial charge on any atom is 0.226 e. The first-order valence-corrected chi connectivity index (χ1v) is 10.3. The summed E-state index contributed by atoms with van der Waals surface area (Å²) >= 11 is 0. The molecule has 0 saturated carbocycles. The van der Waals surface area contributed by atoms with Crippen molar-refractivity contribution in [3.8, 4) is 11.8 Å². The Morgan fingerprint density at radius 2 is 2.30 bits per heavy atom. The zero-order valence-electron chi connectivity index (χ0n) is 12.5. The maximum atomic E-state index is 5.85. The van der Waals surface area contributed by atoms with Crippen molar-refractivity contribution >= 4 is 8.32 Å². The molecule has 0 spiro atoms. The number of allylic oxidation sites excluding steroid dienone is 1. The molecule has 3 nitrogen and oxygen atoms in total. The van der Waals surface area contributed by atoms with E-state index in [-0.39, 0.29) is 6.29 Å². The predicted molar refractivity (Wildman–Crippen MR) is 82.6 cm³/mol. The Kier molecular flexibility index (Phi) is 5.61. The van der Waals surface area contributed by atoms with Gasteiger partial charge in [-0.3, -0.25) is 0 Å². The Morgan fingerprint density at radius 3 is 3.00 bits per heavy atom. The van der Waals surface area contributed by atoms with E-state index in [0.717, 1.165) is 38.0 Å². The van der Waals surface area contributed by atoms with E-state index in [0.29, 0.717) is 6.61 Å². The molecule has 0 aliphatic carbocycles. The van der Waals surface area contributed by atoms with Crippen LogP contribution in [-0.4, -0.2) is 34.4 Å². The average Bonchev–Trinajstić information content (AvgIpc) is 2.44. The highest BCUT2D eigenvalue weighted by Gasteiger charge is 2.29. The minimum absolute atomic E-state index is 0.0784. The second-order valence-electron chi connectivity index (χ2n) is 5.73. The third-order valence-corrected chi connectivity index (χ3v) is 6.09. The first kappa shape index (κ1) is 15.5. The smallest absolute Gasteiger partial charge is 0.226 e. The van der Waals surface area contributed by atoms with Gasteiger partial charge in [0.1, 0.15) is 0 Å². The Balaban J connectivity index is 1.82. The normalized spacial score (nSPS) is 25.3. The van der Waals surface area contributed by atoms with E-state index in [1.165, 1.54) is 11.6 Å². The van der Waals surface area contributed by atoms with E-state index in [1.54, 1.807) is 0 Å². The molecule has 1 unspecified atom stereocenters. The van der Waals surface area contributed by atoms with E-state index in [2.05, 4.69) is 37.6 Å². The summed E-state index contributed by atoms with van der Waals surface area (Å²) in [4.78, 5) is 0.